The van der Waals surface area contributed by atoms with Crippen molar-refractivity contribution in [2.75, 3.05) is 13.7 Å². The van der Waals surface area contributed by atoms with Crippen LogP contribution in [0.2, 0.25) is 5.02 Å². The van der Waals surface area contributed by atoms with Gasteiger partial charge in [-0.25, -0.2) is 0 Å². The van der Waals surface area contributed by atoms with Crippen LogP contribution >= 0.6 is 11.6 Å². The first-order valence-electron chi connectivity index (χ1n) is 9.26. The lowest BCUT2D eigenvalue weighted by atomic mass is 9.83. The molecule has 1 fully saturated rings. The van der Waals surface area contributed by atoms with E-state index in [2.05, 4.69) is 23.2 Å². The van der Waals surface area contributed by atoms with Crippen LogP contribution in [-0.4, -0.2) is 29.4 Å². The zero-order valence-corrected chi connectivity index (χ0v) is 16.1. The molecule has 1 amide bonds. The van der Waals surface area contributed by atoms with Crippen molar-refractivity contribution >= 4 is 28.4 Å². The molecule has 5 heteroatoms. The highest BCUT2D eigenvalue weighted by Crippen LogP contribution is 2.58. The van der Waals surface area contributed by atoms with Gasteiger partial charge in [0, 0.05) is 46.1 Å². The number of aromatic nitrogens is 1. The number of ether oxygens (including phenoxy) is 1. The number of rotatable bonds is 2. The zero-order valence-electron chi connectivity index (χ0n) is 15.4. The molecule has 0 bridgehead atoms. The second-order valence-corrected chi connectivity index (χ2v) is 8.11. The maximum Gasteiger partial charge on any atom is 0.220 e. The van der Waals surface area contributed by atoms with E-state index in [-0.39, 0.29) is 17.4 Å². The molecular formula is C22H21ClN2O2. The van der Waals surface area contributed by atoms with Crippen LogP contribution in [0.5, 0.6) is 5.75 Å². The van der Waals surface area contributed by atoms with E-state index in [9.17, 15) is 4.79 Å². The van der Waals surface area contributed by atoms with Gasteiger partial charge >= 0.3 is 0 Å². The number of nitrogens with zero attached hydrogens (tertiary/aromatic N) is 1. The Kier molecular flexibility index (Phi) is 3.57. The van der Waals surface area contributed by atoms with Crippen molar-refractivity contribution < 1.29 is 9.53 Å². The van der Waals surface area contributed by atoms with Crippen LogP contribution in [0.15, 0.2) is 42.5 Å². The number of hydrogen-bond donors (Lipinski definition) is 1. The molecule has 4 nitrogen and oxygen atoms in total. The summed E-state index contributed by atoms with van der Waals surface area (Å²) in [5.74, 6) is 0.780. The van der Waals surface area contributed by atoms with Crippen LogP contribution in [-0.2, 0) is 10.2 Å². The molecule has 2 aromatic carbocycles. The molecule has 0 radical (unpaired) electrons. The highest BCUT2D eigenvalue weighted by Gasteiger charge is 2.54. The quantitative estimate of drug-likeness (QED) is 0.693. The summed E-state index contributed by atoms with van der Waals surface area (Å²) in [6, 6.07) is 13.9. The number of benzene rings is 2. The minimum Gasteiger partial charge on any atom is -0.496 e. The Hall–Kier alpha value is -2.46. The first kappa shape index (κ1) is 16.7. The highest BCUT2D eigenvalue weighted by atomic mass is 35.5. The van der Waals surface area contributed by atoms with Gasteiger partial charge in [-0.2, -0.15) is 0 Å². The fourth-order valence-electron chi connectivity index (χ4n) is 4.68. The number of carbonyl (C=O) groups excluding carboxylic acids is 1. The van der Waals surface area contributed by atoms with Crippen molar-refractivity contribution in [2.45, 2.75) is 31.2 Å². The maximum absolute atomic E-state index is 12.6. The fraction of sp³-hybridized carbons (Fsp3) is 0.318. The van der Waals surface area contributed by atoms with Gasteiger partial charge in [0.1, 0.15) is 11.8 Å². The van der Waals surface area contributed by atoms with E-state index in [0.717, 1.165) is 36.2 Å². The molecule has 1 atom stereocenters. The van der Waals surface area contributed by atoms with E-state index in [1.807, 2.05) is 29.2 Å². The van der Waals surface area contributed by atoms with Gasteiger partial charge in [-0.3, -0.25) is 4.79 Å². The molecule has 1 aromatic heterocycles. The SMILES string of the molecule is COc1cc(Cl)ccc1C1c2[nH]c3ccccc3c2C2(CC2)CN1C(C)=O. The molecule has 1 saturated carbocycles. The number of carbonyl (C=O) groups is 1. The maximum atomic E-state index is 12.6. The predicted octanol–water partition coefficient (Wildman–Crippen LogP) is 4.81. The second kappa shape index (κ2) is 5.77. The van der Waals surface area contributed by atoms with Crippen LogP contribution in [0.25, 0.3) is 10.9 Å². The number of fused-ring (bicyclic) bond motifs is 4. The Labute approximate surface area is 163 Å². The number of nitrogens with one attached hydrogen (secondary N) is 1. The molecule has 1 N–H and O–H groups in total. The van der Waals surface area contributed by atoms with Crippen LogP contribution in [0.1, 0.15) is 42.6 Å². The number of methoxy groups -OCH3 is 1. The van der Waals surface area contributed by atoms with Crippen LogP contribution in [0, 0.1) is 0 Å². The van der Waals surface area contributed by atoms with Gasteiger partial charge in [0.15, 0.2) is 0 Å². The van der Waals surface area contributed by atoms with E-state index in [1.54, 1.807) is 14.0 Å². The Balaban J connectivity index is 1.80. The number of para-hydroxylation sites is 1. The summed E-state index contributed by atoms with van der Waals surface area (Å²) in [5, 5.41) is 1.89. The molecule has 3 aromatic rings. The van der Waals surface area contributed by atoms with E-state index >= 15 is 0 Å². The average molecular weight is 381 g/mol. The van der Waals surface area contributed by atoms with Crippen LogP contribution < -0.4 is 4.74 Å². The predicted molar refractivity (Wildman–Crippen MR) is 106 cm³/mol. The average Bonchev–Trinajstić information content (AvgIpc) is 3.31. The number of hydrogen-bond acceptors (Lipinski definition) is 2. The molecule has 0 saturated heterocycles. The third-order valence-electron chi connectivity index (χ3n) is 6.07. The Morgan fingerprint density at radius 3 is 2.74 bits per heavy atom. The molecule has 2 aliphatic rings. The number of aromatic amines is 1. The summed E-state index contributed by atoms with van der Waals surface area (Å²) >= 11 is 6.18. The number of H-pyrrole nitrogens is 1. The van der Waals surface area contributed by atoms with Gasteiger partial charge in [-0.15, -0.1) is 0 Å². The first-order valence-corrected chi connectivity index (χ1v) is 9.63. The first-order chi connectivity index (χ1) is 13.0. The summed E-state index contributed by atoms with van der Waals surface area (Å²) in [6.07, 6.45) is 2.24. The molecular weight excluding hydrogens is 360 g/mol. The van der Waals surface area contributed by atoms with Gasteiger partial charge in [-0.1, -0.05) is 35.9 Å². The lowest BCUT2D eigenvalue weighted by molar-refractivity contribution is -0.131. The monoisotopic (exact) mass is 380 g/mol. The third kappa shape index (κ3) is 2.39. The third-order valence-corrected chi connectivity index (χ3v) is 6.31. The van der Waals surface area contributed by atoms with Crippen molar-refractivity contribution in [2.24, 2.45) is 0 Å². The fourth-order valence-corrected chi connectivity index (χ4v) is 4.84. The van der Waals surface area contributed by atoms with Crippen molar-refractivity contribution in [3.63, 3.8) is 0 Å². The van der Waals surface area contributed by atoms with Gasteiger partial charge in [0.05, 0.1) is 7.11 Å². The Bertz CT molecular complexity index is 1070. The lowest BCUT2D eigenvalue weighted by Crippen LogP contribution is -2.44. The summed E-state index contributed by atoms with van der Waals surface area (Å²) < 4.78 is 5.63. The summed E-state index contributed by atoms with van der Waals surface area (Å²) in [5.41, 5.74) is 4.64. The van der Waals surface area contributed by atoms with E-state index < -0.39 is 0 Å². The number of amides is 1. The van der Waals surface area contributed by atoms with Gasteiger partial charge in [0.2, 0.25) is 5.91 Å². The van der Waals surface area contributed by atoms with Crippen LogP contribution in [0.3, 0.4) is 0 Å². The van der Waals surface area contributed by atoms with E-state index in [0.29, 0.717) is 10.8 Å². The standard InChI is InChI=1S/C22H21ClN2O2/c1-13(26)25-12-22(9-10-22)19-15-5-3-4-6-17(15)24-20(19)21(25)16-8-7-14(23)11-18(16)27-2/h3-8,11,21,24H,9-10,12H2,1-2H3. The molecule has 1 spiro atoms. The Morgan fingerprint density at radius 1 is 1.26 bits per heavy atom. The Morgan fingerprint density at radius 2 is 2.04 bits per heavy atom. The van der Waals surface area contributed by atoms with Gasteiger partial charge < -0.3 is 14.6 Å². The lowest BCUT2D eigenvalue weighted by Gasteiger charge is -2.40. The van der Waals surface area contributed by atoms with Crippen molar-refractivity contribution in [3.05, 3.63) is 64.3 Å². The normalized spacial score (nSPS) is 20.0. The van der Waals surface area contributed by atoms with Gasteiger partial charge in [0.25, 0.3) is 0 Å². The molecule has 27 heavy (non-hydrogen) atoms. The molecule has 1 aliphatic heterocycles. The summed E-state index contributed by atoms with van der Waals surface area (Å²) in [4.78, 5) is 18.2. The minimum absolute atomic E-state index is 0.0765. The van der Waals surface area contributed by atoms with Crippen molar-refractivity contribution in [3.8, 4) is 5.75 Å². The molecule has 138 valence electrons. The van der Waals surface area contributed by atoms with Crippen molar-refractivity contribution in [1.82, 2.24) is 9.88 Å². The minimum atomic E-state index is -0.205. The van der Waals surface area contributed by atoms with Gasteiger partial charge in [-0.05, 0) is 36.6 Å². The summed E-state index contributed by atoms with van der Waals surface area (Å²) in [6.45, 7) is 2.40. The van der Waals surface area contributed by atoms with Crippen LogP contribution in [0.4, 0.5) is 0 Å². The summed E-state index contributed by atoms with van der Waals surface area (Å²) in [7, 11) is 1.64. The molecule has 2 heterocycles. The molecule has 1 unspecified atom stereocenters. The smallest absolute Gasteiger partial charge is 0.220 e. The van der Waals surface area contributed by atoms with Crippen molar-refractivity contribution in [1.29, 1.82) is 0 Å². The number of halogens is 1. The van der Waals surface area contributed by atoms with E-state index in [4.69, 9.17) is 16.3 Å². The largest absolute Gasteiger partial charge is 0.496 e. The molecule has 5 rings (SSSR count). The molecule has 1 aliphatic carbocycles. The highest BCUT2D eigenvalue weighted by molar-refractivity contribution is 6.30. The topological polar surface area (TPSA) is 45.3 Å². The van der Waals surface area contributed by atoms with E-state index in [1.165, 1.54) is 10.9 Å². The zero-order chi connectivity index (χ0) is 18.8. The second-order valence-electron chi connectivity index (χ2n) is 7.68.